The molecule has 0 radical (unpaired) electrons. The van der Waals surface area contributed by atoms with Crippen LogP contribution in [0.25, 0.3) is 22.1 Å². The lowest BCUT2D eigenvalue weighted by Crippen LogP contribution is -2.10. The molecular formula is C26H21N3O3. The van der Waals surface area contributed by atoms with Crippen LogP contribution in [0, 0.1) is 0 Å². The summed E-state index contributed by atoms with van der Waals surface area (Å²) in [6.07, 6.45) is 5.44. The molecule has 6 heteroatoms. The molecule has 0 fully saturated rings. The number of hydrogen-bond acceptors (Lipinski definition) is 4. The van der Waals surface area contributed by atoms with Gasteiger partial charge in [-0.3, -0.25) is 4.79 Å². The molecule has 32 heavy (non-hydrogen) atoms. The molecule has 158 valence electrons. The molecule has 0 saturated carbocycles. The Bertz CT molecular complexity index is 1360. The van der Waals surface area contributed by atoms with E-state index in [9.17, 15) is 4.79 Å². The predicted molar refractivity (Wildman–Crippen MR) is 124 cm³/mol. The highest BCUT2D eigenvalue weighted by Gasteiger charge is 2.18. The number of amides is 1. The van der Waals surface area contributed by atoms with Gasteiger partial charge in [-0.2, -0.15) is 0 Å². The molecule has 5 aromatic rings. The number of hydrogen-bond donors (Lipinski definition) is 1. The Balaban J connectivity index is 1.41. The van der Waals surface area contributed by atoms with Gasteiger partial charge in [0, 0.05) is 30.0 Å². The molecule has 0 atom stereocenters. The van der Waals surface area contributed by atoms with E-state index in [-0.39, 0.29) is 11.7 Å². The average Bonchev–Trinajstić information content (AvgIpc) is 3.50. The first kappa shape index (κ1) is 19.6. The van der Waals surface area contributed by atoms with Gasteiger partial charge in [-0.15, -0.1) is 0 Å². The van der Waals surface area contributed by atoms with E-state index < -0.39 is 0 Å². The van der Waals surface area contributed by atoms with Crippen molar-refractivity contribution in [3.63, 3.8) is 0 Å². The molecule has 0 unspecified atom stereocenters. The first-order valence-electron chi connectivity index (χ1n) is 10.2. The normalized spacial score (nSPS) is 10.9. The molecule has 0 bridgehead atoms. The summed E-state index contributed by atoms with van der Waals surface area (Å²) in [7, 11) is 1.59. The van der Waals surface area contributed by atoms with Gasteiger partial charge in [0.05, 0.1) is 13.4 Å². The summed E-state index contributed by atoms with van der Waals surface area (Å²) in [5, 5.41) is 3.74. The van der Waals surface area contributed by atoms with Crippen molar-refractivity contribution in [2.75, 3.05) is 12.4 Å². The maximum absolute atomic E-state index is 12.9. The second-order valence-electron chi connectivity index (χ2n) is 7.42. The molecule has 5 rings (SSSR count). The minimum atomic E-state index is -0.315. The highest BCUT2D eigenvalue weighted by Crippen LogP contribution is 2.36. The quantitative estimate of drug-likeness (QED) is 0.386. The van der Waals surface area contributed by atoms with E-state index in [0.717, 1.165) is 28.6 Å². The zero-order valence-electron chi connectivity index (χ0n) is 17.5. The van der Waals surface area contributed by atoms with Crippen molar-refractivity contribution in [2.24, 2.45) is 0 Å². The fourth-order valence-electron chi connectivity index (χ4n) is 3.72. The second kappa shape index (κ2) is 8.43. The smallest absolute Gasteiger partial charge is 0.291 e. The zero-order valence-corrected chi connectivity index (χ0v) is 17.5. The Morgan fingerprint density at radius 1 is 1.06 bits per heavy atom. The van der Waals surface area contributed by atoms with Crippen molar-refractivity contribution >= 4 is 22.6 Å². The Labute approximate surface area is 185 Å². The van der Waals surface area contributed by atoms with Crippen LogP contribution < -0.4 is 10.1 Å². The van der Waals surface area contributed by atoms with Gasteiger partial charge in [0.1, 0.15) is 0 Å². The van der Waals surface area contributed by atoms with E-state index in [1.165, 1.54) is 0 Å². The van der Waals surface area contributed by atoms with E-state index >= 15 is 0 Å². The number of nitrogens with one attached hydrogen (secondary N) is 1. The second-order valence-corrected chi connectivity index (χ2v) is 7.42. The van der Waals surface area contributed by atoms with E-state index in [0.29, 0.717) is 17.0 Å². The molecular weight excluding hydrogens is 402 g/mol. The van der Waals surface area contributed by atoms with Crippen molar-refractivity contribution in [3.05, 3.63) is 103 Å². The van der Waals surface area contributed by atoms with Gasteiger partial charge in [0.25, 0.3) is 5.91 Å². The number of ether oxygens (including phenoxy) is 1. The lowest BCUT2D eigenvalue weighted by atomic mass is 10.0. The molecule has 0 aliphatic heterocycles. The highest BCUT2D eigenvalue weighted by atomic mass is 16.5. The minimum Gasteiger partial charge on any atom is -0.493 e. The number of methoxy groups -OCH3 is 1. The number of anilines is 1. The molecule has 2 heterocycles. The highest BCUT2D eigenvalue weighted by molar-refractivity contribution is 6.07. The summed E-state index contributed by atoms with van der Waals surface area (Å²) >= 11 is 0. The number of nitrogens with zero attached hydrogens (tertiary/aromatic N) is 2. The fourth-order valence-corrected chi connectivity index (χ4v) is 3.72. The number of aromatic nitrogens is 2. The monoisotopic (exact) mass is 423 g/mol. The summed E-state index contributed by atoms with van der Waals surface area (Å²) in [5.74, 6) is 0.497. The summed E-state index contributed by atoms with van der Waals surface area (Å²) in [6, 6.07) is 23.3. The zero-order chi connectivity index (χ0) is 21.9. The molecule has 0 aliphatic carbocycles. The maximum Gasteiger partial charge on any atom is 0.291 e. The third kappa shape index (κ3) is 3.86. The number of furan rings is 1. The summed E-state index contributed by atoms with van der Waals surface area (Å²) < 4.78 is 13.4. The predicted octanol–water partition coefficient (Wildman–Crippen LogP) is 5.61. The third-order valence-electron chi connectivity index (χ3n) is 5.31. The molecule has 3 aromatic carbocycles. The van der Waals surface area contributed by atoms with Crippen LogP contribution in [-0.2, 0) is 6.54 Å². The Morgan fingerprint density at radius 3 is 2.59 bits per heavy atom. The number of carbonyl (C=O) groups excluding carboxylic acids is 1. The number of rotatable bonds is 6. The average molecular weight is 423 g/mol. The van der Waals surface area contributed by atoms with Crippen molar-refractivity contribution in [1.29, 1.82) is 0 Å². The SMILES string of the molecule is COc1ccc(-c2ccccc2)c2cc(C(=O)Nc3ccc(Cn4ccnc4)cc3)oc12. The molecule has 0 spiro atoms. The first-order valence-corrected chi connectivity index (χ1v) is 10.2. The van der Waals surface area contributed by atoms with Crippen LogP contribution in [0.1, 0.15) is 16.1 Å². The molecule has 0 saturated heterocycles. The van der Waals surface area contributed by atoms with Gasteiger partial charge in [0.15, 0.2) is 17.1 Å². The van der Waals surface area contributed by atoms with Crippen LogP contribution >= 0.6 is 0 Å². The van der Waals surface area contributed by atoms with Gasteiger partial charge in [-0.25, -0.2) is 4.98 Å². The van der Waals surface area contributed by atoms with Gasteiger partial charge in [0.2, 0.25) is 0 Å². The number of imidazole rings is 1. The van der Waals surface area contributed by atoms with E-state index in [2.05, 4.69) is 10.3 Å². The van der Waals surface area contributed by atoms with Crippen LogP contribution in [0.4, 0.5) is 5.69 Å². The van der Waals surface area contributed by atoms with E-state index in [1.54, 1.807) is 25.7 Å². The number of fused-ring (bicyclic) bond motifs is 1. The summed E-state index contributed by atoms with van der Waals surface area (Å²) in [5.41, 5.74) is 4.38. The Hall–Kier alpha value is -4.32. The van der Waals surface area contributed by atoms with Crippen molar-refractivity contribution in [1.82, 2.24) is 9.55 Å². The van der Waals surface area contributed by atoms with E-state index in [1.807, 2.05) is 77.5 Å². The van der Waals surface area contributed by atoms with Crippen molar-refractivity contribution in [2.45, 2.75) is 6.54 Å². The van der Waals surface area contributed by atoms with Crippen LogP contribution in [0.2, 0.25) is 0 Å². The summed E-state index contributed by atoms with van der Waals surface area (Å²) in [6.45, 7) is 0.722. The largest absolute Gasteiger partial charge is 0.493 e. The molecule has 1 amide bonds. The lowest BCUT2D eigenvalue weighted by molar-refractivity contribution is 0.0998. The summed E-state index contributed by atoms with van der Waals surface area (Å²) in [4.78, 5) is 17.0. The minimum absolute atomic E-state index is 0.226. The molecule has 0 aliphatic rings. The third-order valence-corrected chi connectivity index (χ3v) is 5.31. The van der Waals surface area contributed by atoms with Gasteiger partial charge >= 0.3 is 0 Å². The molecule has 1 N–H and O–H groups in total. The van der Waals surface area contributed by atoms with Crippen LogP contribution in [0.15, 0.2) is 95.9 Å². The van der Waals surface area contributed by atoms with E-state index in [4.69, 9.17) is 9.15 Å². The Kier molecular flexibility index (Phi) is 5.17. The standard InChI is InChI=1S/C26H21N3O3/c1-31-23-12-11-21(19-5-3-2-4-6-19)22-15-24(32-25(22)23)26(30)28-20-9-7-18(8-10-20)16-29-14-13-27-17-29/h2-15,17H,16H2,1H3,(H,28,30). The van der Waals surface area contributed by atoms with Gasteiger partial charge in [-0.05, 0) is 47.0 Å². The fraction of sp³-hybridized carbons (Fsp3) is 0.0769. The van der Waals surface area contributed by atoms with Crippen molar-refractivity contribution in [3.8, 4) is 16.9 Å². The number of carbonyl (C=O) groups is 1. The van der Waals surface area contributed by atoms with Crippen molar-refractivity contribution < 1.29 is 13.9 Å². The van der Waals surface area contributed by atoms with Crippen LogP contribution in [-0.4, -0.2) is 22.6 Å². The van der Waals surface area contributed by atoms with Crippen LogP contribution in [0.5, 0.6) is 5.75 Å². The maximum atomic E-state index is 12.9. The molecule has 2 aromatic heterocycles. The van der Waals surface area contributed by atoms with Gasteiger partial charge in [-0.1, -0.05) is 42.5 Å². The number of benzene rings is 3. The Morgan fingerprint density at radius 2 is 1.88 bits per heavy atom. The lowest BCUT2D eigenvalue weighted by Gasteiger charge is -2.06. The van der Waals surface area contributed by atoms with Gasteiger partial charge < -0.3 is 19.0 Å². The first-order chi connectivity index (χ1) is 15.7. The van der Waals surface area contributed by atoms with Crippen LogP contribution in [0.3, 0.4) is 0 Å². The topological polar surface area (TPSA) is 69.3 Å². The molecule has 6 nitrogen and oxygen atoms in total.